The first-order valence-electron chi connectivity index (χ1n) is 8.36. The molecule has 1 aromatic rings. The van der Waals surface area contributed by atoms with Crippen LogP contribution in [0.2, 0.25) is 0 Å². The van der Waals surface area contributed by atoms with Crippen molar-refractivity contribution in [3.05, 3.63) is 34.9 Å². The molecule has 1 aromatic carbocycles. The molecule has 4 nitrogen and oxygen atoms in total. The van der Waals surface area contributed by atoms with E-state index in [0.29, 0.717) is 13.2 Å². The van der Waals surface area contributed by atoms with Crippen LogP contribution in [0.15, 0.2) is 18.2 Å². The molecule has 1 fully saturated rings. The van der Waals surface area contributed by atoms with Crippen LogP contribution < -0.4 is 10.6 Å². The normalized spacial score (nSPS) is 19.3. The third-order valence-corrected chi connectivity index (χ3v) is 4.34. The maximum absolute atomic E-state index is 14.3. The fraction of sp³-hybridized carbons (Fsp3) is 0.611. The minimum atomic E-state index is -4.62. The van der Waals surface area contributed by atoms with E-state index in [1.807, 2.05) is 0 Å². The first-order chi connectivity index (χ1) is 11.8. The van der Waals surface area contributed by atoms with Gasteiger partial charge in [-0.05, 0) is 51.0 Å². The number of rotatable bonds is 4. The van der Waals surface area contributed by atoms with Gasteiger partial charge in [0, 0.05) is 6.54 Å². The van der Waals surface area contributed by atoms with Gasteiger partial charge in [0.2, 0.25) is 5.91 Å². The van der Waals surface area contributed by atoms with Gasteiger partial charge < -0.3 is 15.4 Å². The molecule has 1 atom stereocenters. The van der Waals surface area contributed by atoms with E-state index in [4.69, 9.17) is 4.74 Å². The molecule has 26 heavy (non-hydrogen) atoms. The highest BCUT2D eigenvalue weighted by atomic mass is 19.4. The molecular formula is C18H24F4N2O2. The molecule has 0 radical (unpaired) electrons. The summed E-state index contributed by atoms with van der Waals surface area (Å²) in [5.74, 6) is -0.381. The average Bonchev–Trinajstić information content (AvgIpc) is 2.53. The fourth-order valence-corrected chi connectivity index (χ4v) is 2.70. The zero-order valence-electron chi connectivity index (χ0n) is 15.3. The van der Waals surface area contributed by atoms with Gasteiger partial charge in [-0.15, -0.1) is 0 Å². The summed E-state index contributed by atoms with van der Waals surface area (Å²) < 4.78 is 59.3. The van der Waals surface area contributed by atoms with Crippen LogP contribution in [0, 0.1) is 0 Å². The first kappa shape index (κ1) is 20.6. The van der Waals surface area contributed by atoms with Crippen LogP contribution in [0.1, 0.15) is 44.4 Å². The lowest BCUT2D eigenvalue weighted by Gasteiger charge is -2.32. The van der Waals surface area contributed by atoms with Gasteiger partial charge in [-0.25, -0.2) is 4.39 Å². The highest BCUT2D eigenvalue weighted by molar-refractivity contribution is 5.82. The van der Waals surface area contributed by atoms with Gasteiger partial charge in [0.1, 0.15) is 11.7 Å². The van der Waals surface area contributed by atoms with Gasteiger partial charge in [-0.3, -0.25) is 4.79 Å². The molecule has 8 heteroatoms. The largest absolute Gasteiger partial charge is 0.416 e. The van der Waals surface area contributed by atoms with Crippen molar-refractivity contribution in [2.75, 3.05) is 19.8 Å². The number of carbonyl (C=O) groups excluding carboxylic acids is 1. The lowest BCUT2D eigenvalue weighted by Crippen LogP contribution is -2.55. The molecule has 1 aliphatic rings. The standard InChI is InChI=1S/C18H24F4N2O2/c1-16(2,19)11-7-12(9-13(8-11)18(20,21)22)17(3,4)24-15(25)14-10-26-6-5-23-14/h7-9,14,23H,5-6,10H2,1-4H3,(H,24,25)/t14-/m1/s1. The number of ether oxygens (including phenoxy) is 1. The Morgan fingerprint density at radius 1 is 1.08 bits per heavy atom. The summed E-state index contributed by atoms with van der Waals surface area (Å²) >= 11 is 0. The molecule has 2 N–H and O–H groups in total. The lowest BCUT2D eigenvalue weighted by molar-refractivity contribution is -0.137. The van der Waals surface area contributed by atoms with E-state index in [9.17, 15) is 22.4 Å². The van der Waals surface area contributed by atoms with Crippen molar-refractivity contribution in [1.82, 2.24) is 10.6 Å². The second kappa shape index (κ2) is 7.15. The van der Waals surface area contributed by atoms with Crippen LogP contribution in [-0.2, 0) is 26.9 Å². The third kappa shape index (κ3) is 4.94. The molecule has 1 saturated heterocycles. The Kier molecular flexibility index (Phi) is 5.68. The summed E-state index contributed by atoms with van der Waals surface area (Å²) in [6.45, 7) is 6.76. The van der Waals surface area contributed by atoms with E-state index in [1.165, 1.54) is 19.9 Å². The zero-order valence-corrected chi connectivity index (χ0v) is 15.3. The van der Waals surface area contributed by atoms with E-state index in [0.717, 1.165) is 12.1 Å². The Balaban J connectivity index is 2.36. The Labute approximate surface area is 150 Å². The average molecular weight is 376 g/mol. The van der Waals surface area contributed by atoms with Crippen LogP contribution in [0.3, 0.4) is 0 Å². The smallest absolute Gasteiger partial charge is 0.378 e. The van der Waals surface area contributed by atoms with Crippen LogP contribution in [0.5, 0.6) is 0 Å². The predicted molar refractivity (Wildman–Crippen MR) is 89.4 cm³/mol. The number of carbonyl (C=O) groups is 1. The van der Waals surface area contributed by atoms with Gasteiger partial charge >= 0.3 is 6.18 Å². The Morgan fingerprint density at radius 3 is 2.15 bits per heavy atom. The van der Waals surface area contributed by atoms with Gasteiger partial charge in [0.15, 0.2) is 0 Å². The molecule has 1 amide bonds. The number of halogens is 4. The maximum Gasteiger partial charge on any atom is 0.416 e. The van der Waals surface area contributed by atoms with Gasteiger partial charge in [0.25, 0.3) is 0 Å². The number of hydrogen-bond acceptors (Lipinski definition) is 3. The van der Waals surface area contributed by atoms with Gasteiger partial charge in [0.05, 0.1) is 24.3 Å². The Hall–Kier alpha value is -1.67. The van der Waals surface area contributed by atoms with Crippen molar-refractivity contribution in [3.8, 4) is 0 Å². The fourth-order valence-electron chi connectivity index (χ4n) is 2.70. The van der Waals surface area contributed by atoms with Crippen LogP contribution in [-0.4, -0.2) is 31.7 Å². The molecule has 0 saturated carbocycles. The quantitative estimate of drug-likeness (QED) is 0.794. The first-order valence-corrected chi connectivity index (χ1v) is 8.36. The van der Waals surface area contributed by atoms with E-state index < -0.39 is 29.0 Å². The predicted octanol–water partition coefficient (Wildman–Crippen LogP) is 3.25. The van der Waals surface area contributed by atoms with Crippen molar-refractivity contribution in [1.29, 1.82) is 0 Å². The molecular weight excluding hydrogens is 352 g/mol. The van der Waals surface area contributed by atoms with Crippen LogP contribution >= 0.6 is 0 Å². The topological polar surface area (TPSA) is 50.4 Å². The SMILES string of the molecule is CC(C)(F)c1cc(C(F)(F)F)cc(C(C)(C)NC(=O)[C@H]2COCCN2)c1. The molecule has 146 valence electrons. The summed E-state index contributed by atoms with van der Waals surface area (Å²) in [4.78, 5) is 12.4. The maximum atomic E-state index is 14.3. The van der Waals surface area contributed by atoms with Crippen molar-refractivity contribution in [2.24, 2.45) is 0 Å². The molecule has 0 bridgehead atoms. The minimum Gasteiger partial charge on any atom is -0.378 e. The van der Waals surface area contributed by atoms with E-state index in [2.05, 4.69) is 10.6 Å². The third-order valence-electron chi connectivity index (χ3n) is 4.34. The van der Waals surface area contributed by atoms with E-state index >= 15 is 0 Å². The number of nitrogens with one attached hydrogen (secondary N) is 2. The minimum absolute atomic E-state index is 0.0937. The van der Waals surface area contributed by atoms with Gasteiger partial charge in [-0.2, -0.15) is 13.2 Å². The number of benzene rings is 1. The van der Waals surface area contributed by atoms with E-state index in [-0.39, 0.29) is 23.6 Å². The lowest BCUT2D eigenvalue weighted by atomic mass is 9.87. The van der Waals surface area contributed by atoms with Crippen molar-refractivity contribution in [2.45, 2.75) is 51.1 Å². The number of morpholine rings is 1. The molecule has 1 aliphatic heterocycles. The Morgan fingerprint density at radius 2 is 1.65 bits per heavy atom. The summed E-state index contributed by atoms with van der Waals surface area (Å²) in [6.07, 6.45) is -4.62. The summed E-state index contributed by atoms with van der Waals surface area (Å²) in [7, 11) is 0. The molecule has 0 spiro atoms. The number of amides is 1. The Bertz CT molecular complexity index is 628. The highest BCUT2D eigenvalue weighted by Crippen LogP contribution is 2.37. The summed E-state index contributed by atoms with van der Waals surface area (Å²) in [5, 5.41) is 5.72. The number of hydrogen-bond donors (Lipinski definition) is 2. The van der Waals surface area contributed by atoms with E-state index in [1.54, 1.807) is 13.8 Å². The monoisotopic (exact) mass is 376 g/mol. The molecule has 0 unspecified atom stereocenters. The summed E-state index contributed by atoms with van der Waals surface area (Å²) in [6, 6.07) is 2.53. The highest BCUT2D eigenvalue weighted by Gasteiger charge is 2.36. The molecule has 1 heterocycles. The number of alkyl halides is 4. The van der Waals surface area contributed by atoms with Crippen molar-refractivity contribution in [3.63, 3.8) is 0 Å². The van der Waals surface area contributed by atoms with Gasteiger partial charge in [-0.1, -0.05) is 6.07 Å². The molecule has 0 aromatic heterocycles. The second-order valence-corrected chi connectivity index (χ2v) is 7.47. The van der Waals surface area contributed by atoms with Crippen LogP contribution in [0.4, 0.5) is 17.6 Å². The van der Waals surface area contributed by atoms with Crippen molar-refractivity contribution >= 4 is 5.91 Å². The van der Waals surface area contributed by atoms with Crippen LogP contribution in [0.25, 0.3) is 0 Å². The molecule has 0 aliphatic carbocycles. The zero-order chi connectivity index (χ0) is 19.8. The van der Waals surface area contributed by atoms with Crippen molar-refractivity contribution < 1.29 is 27.1 Å². The second-order valence-electron chi connectivity index (χ2n) is 7.47. The molecule has 2 rings (SSSR count). The summed E-state index contributed by atoms with van der Waals surface area (Å²) in [5.41, 5.74) is -3.94.